The van der Waals surface area contributed by atoms with E-state index in [2.05, 4.69) is 4.72 Å². The van der Waals surface area contributed by atoms with Crippen molar-refractivity contribution in [3.63, 3.8) is 0 Å². The Balaban J connectivity index is 2.31. The van der Waals surface area contributed by atoms with Gasteiger partial charge < -0.3 is 9.67 Å². The molecule has 8 heteroatoms. The molecule has 0 aliphatic heterocycles. The third-order valence-electron chi connectivity index (χ3n) is 2.75. The van der Waals surface area contributed by atoms with Crippen LogP contribution in [0.5, 0.6) is 0 Å². The highest BCUT2D eigenvalue weighted by Gasteiger charge is 2.15. The number of sulfonamides is 1. The molecule has 0 aliphatic rings. The number of carbonyl (C=O) groups is 1. The third kappa shape index (κ3) is 3.29. The second-order valence-corrected chi connectivity index (χ2v) is 5.98. The van der Waals surface area contributed by atoms with E-state index in [0.29, 0.717) is 0 Å². The van der Waals surface area contributed by atoms with Crippen LogP contribution in [0.3, 0.4) is 0 Å². The number of carboxylic acid groups (broad SMARTS) is 1. The second kappa shape index (κ2) is 5.41. The van der Waals surface area contributed by atoms with Crippen molar-refractivity contribution in [3.05, 3.63) is 58.5 Å². The van der Waals surface area contributed by atoms with Crippen LogP contribution in [0.1, 0.15) is 10.4 Å². The molecule has 21 heavy (non-hydrogen) atoms. The predicted molar refractivity (Wildman–Crippen MR) is 75.9 cm³/mol. The number of nitrogens with one attached hydrogen (secondary N) is 1. The van der Waals surface area contributed by atoms with Crippen molar-refractivity contribution in [1.29, 1.82) is 0 Å². The van der Waals surface area contributed by atoms with E-state index in [-0.39, 0.29) is 21.7 Å². The lowest BCUT2D eigenvalue weighted by molar-refractivity contribution is 0.0696. The standard InChI is InChI=1S/C13H12N2O5S/c1-15-8-10(4-7-12(15)16)14-21(19,20)11-5-2-9(3-6-11)13(17)18/h2-8,14H,1H3,(H,17,18). The predicted octanol–water partition coefficient (Wildman–Crippen LogP) is 0.884. The lowest BCUT2D eigenvalue weighted by atomic mass is 10.2. The van der Waals surface area contributed by atoms with Gasteiger partial charge >= 0.3 is 5.97 Å². The number of hydrogen-bond donors (Lipinski definition) is 2. The van der Waals surface area contributed by atoms with Crippen molar-refractivity contribution in [2.75, 3.05) is 4.72 Å². The first-order chi connectivity index (χ1) is 9.79. The fraction of sp³-hybridized carbons (Fsp3) is 0.0769. The number of anilines is 1. The number of pyridine rings is 1. The van der Waals surface area contributed by atoms with E-state index in [1.165, 1.54) is 54.2 Å². The van der Waals surface area contributed by atoms with Crippen LogP contribution in [-0.2, 0) is 17.1 Å². The molecule has 0 aliphatic carbocycles. The maximum absolute atomic E-state index is 12.1. The normalized spacial score (nSPS) is 11.1. The monoisotopic (exact) mass is 308 g/mol. The maximum atomic E-state index is 12.1. The largest absolute Gasteiger partial charge is 0.478 e. The zero-order valence-electron chi connectivity index (χ0n) is 11.0. The van der Waals surface area contributed by atoms with Crippen molar-refractivity contribution in [3.8, 4) is 0 Å². The number of benzene rings is 1. The Labute approximate surface area is 120 Å². The van der Waals surface area contributed by atoms with Crippen LogP contribution < -0.4 is 10.3 Å². The summed E-state index contributed by atoms with van der Waals surface area (Å²) in [6.07, 6.45) is 1.35. The van der Waals surface area contributed by atoms with E-state index in [9.17, 15) is 18.0 Å². The molecule has 7 nitrogen and oxygen atoms in total. The fourth-order valence-electron chi connectivity index (χ4n) is 1.65. The van der Waals surface area contributed by atoms with E-state index in [1.807, 2.05) is 0 Å². The van der Waals surface area contributed by atoms with Crippen molar-refractivity contribution in [1.82, 2.24) is 4.57 Å². The highest BCUT2D eigenvalue weighted by Crippen LogP contribution is 2.15. The van der Waals surface area contributed by atoms with E-state index >= 15 is 0 Å². The van der Waals surface area contributed by atoms with Crippen LogP contribution in [0.15, 0.2) is 52.3 Å². The summed E-state index contributed by atoms with van der Waals surface area (Å²) < 4.78 is 27.8. The average molecular weight is 308 g/mol. The molecule has 0 atom stereocenters. The zero-order valence-corrected chi connectivity index (χ0v) is 11.8. The van der Waals surface area contributed by atoms with Crippen LogP contribution in [0.4, 0.5) is 5.69 Å². The Kier molecular flexibility index (Phi) is 3.81. The van der Waals surface area contributed by atoms with E-state index in [1.54, 1.807) is 0 Å². The van der Waals surface area contributed by atoms with Gasteiger partial charge in [-0.25, -0.2) is 13.2 Å². The number of hydrogen-bond acceptors (Lipinski definition) is 4. The molecule has 1 heterocycles. The average Bonchev–Trinajstić information content (AvgIpc) is 2.43. The van der Waals surface area contributed by atoms with Crippen LogP contribution in [0, 0.1) is 0 Å². The topological polar surface area (TPSA) is 105 Å². The van der Waals surface area contributed by atoms with Crippen molar-refractivity contribution in [2.24, 2.45) is 7.05 Å². The van der Waals surface area contributed by atoms with Gasteiger partial charge in [0.1, 0.15) is 0 Å². The molecule has 0 fully saturated rings. The minimum absolute atomic E-state index is 0.00365. The van der Waals surface area contributed by atoms with Gasteiger partial charge in [-0.15, -0.1) is 0 Å². The van der Waals surface area contributed by atoms with E-state index in [4.69, 9.17) is 5.11 Å². The molecule has 1 aromatic carbocycles. The molecule has 0 radical (unpaired) electrons. The summed E-state index contributed by atoms with van der Waals surface area (Å²) >= 11 is 0. The second-order valence-electron chi connectivity index (χ2n) is 4.30. The molecule has 0 saturated heterocycles. The lowest BCUT2D eigenvalue weighted by Crippen LogP contribution is -2.18. The SMILES string of the molecule is Cn1cc(NS(=O)(=O)c2ccc(C(=O)O)cc2)ccc1=O. The highest BCUT2D eigenvalue weighted by atomic mass is 32.2. The number of aromatic carboxylic acids is 1. The van der Waals surface area contributed by atoms with Crippen LogP contribution in [0.25, 0.3) is 0 Å². The van der Waals surface area contributed by atoms with Crippen molar-refractivity contribution >= 4 is 21.7 Å². The lowest BCUT2D eigenvalue weighted by Gasteiger charge is -2.09. The third-order valence-corrected chi connectivity index (χ3v) is 4.15. The summed E-state index contributed by atoms with van der Waals surface area (Å²) in [5.74, 6) is -1.13. The molecule has 2 N–H and O–H groups in total. The van der Waals surface area contributed by atoms with Crippen molar-refractivity contribution in [2.45, 2.75) is 4.90 Å². The quantitative estimate of drug-likeness (QED) is 0.872. The van der Waals surface area contributed by atoms with Gasteiger partial charge in [0.15, 0.2) is 0 Å². The van der Waals surface area contributed by atoms with E-state index < -0.39 is 16.0 Å². The van der Waals surface area contributed by atoms with Gasteiger partial charge in [0.25, 0.3) is 10.0 Å². The van der Waals surface area contributed by atoms with Gasteiger partial charge in [-0.3, -0.25) is 9.52 Å². The Morgan fingerprint density at radius 3 is 2.29 bits per heavy atom. The molecular formula is C13H12N2O5S. The maximum Gasteiger partial charge on any atom is 0.335 e. The number of rotatable bonds is 4. The van der Waals surface area contributed by atoms with Crippen LogP contribution >= 0.6 is 0 Å². The molecule has 0 unspecified atom stereocenters. The number of carboxylic acids is 1. The molecule has 0 bridgehead atoms. The van der Waals surface area contributed by atoms with Crippen LogP contribution in [0.2, 0.25) is 0 Å². The Bertz CT molecular complexity index is 838. The molecular weight excluding hydrogens is 296 g/mol. The summed E-state index contributed by atoms with van der Waals surface area (Å²) in [6.45, 7) is 0. The number of aryl methyl sites for hydroxylation is 1. The van der Waals surface area contributed by atoms with Gasteiger partial charge in [0.2, 0.25) is 5.56 Å². The van der Waals surface area contributed by atoms with Gasteiger partial charge in [0.05, 0.1) is 16.1 Å². The van der Waals surface area contributed by atoms with Gasteiger partial charge in [0, 0.05) is 19.3 Å². The zero-order chi connectivity index (χ0) is 15.6. The Morgan fingerprint density at radius 1 is 1.14 bits per heavy atom. The van der Waals surface area contributed by atoms with E-state index in [0.717, 1.165) is 0 Å². The van der Waals surface area contributed by atoms with Crippen LogP contribution in [-0.4, -0.2) is 24.1 Å². The molecule has 0 spiro atoms. The first-order valence-electron chi connectivity index (χ1n) is 5.82. The summed E-state index contributed by atoms with van der Waals surface area (Å²) in [6, 6.07) is 7.41. The Hall–Kier alpha value is -2.61. The molecule has 0 saturated carbocycles. The summed E-state index contributed by atoms with van der Waals surface area (Å²) in [7, 11) is -2.34. The molecule has 1 aromatic heterocycles. The minimum Gasteiger partial charge on any atom is -0.478 e. The Morgan fingerprint density at radius 2 is 1.76 bits per heavy atom. The minimum atomic E-state index is -3.84. The highest BCUT2D eigenvalue weighted by molar-refractivity contribution is 7.92. The molecule has 0 amide bonds. The van der Waals surface area contributed by atoms with Gasteiger partial charge in [-0.05, 0) is 30.3 Å². The van der Waals surface area contributed by atoms with Crippen molar-refractivity contribution < 1.29 is 18.3 Å². The first kappa shape index (κ1) is 14.8. The molecule has 2 aromatic rings. The first-order valence-corrected chi connectivity index (χ1v) is 7.31. The fourth-order valence-corrected chi connectivity index (χ4v) is 2.69. The number of aromatic nitrogens is 1. The molecule has 110 valence electrons. The molecule has 2 rings (SSSR count). The number of nitrogens with zero attached hydrogens (tertiary/aromatic N) is 1. The van der Waals surface area contributed by atoms with Gasteiger partial charge in [-0.1, -0.05) is 0 Å². The summed E-state index contributed by atoms with van der Waals surface area (Å²) in [4.78, 5) is 21.9. The smallest absolute Gasteiger partial charge is 0.335 e. The summed E-state index contributed by atoms with van der Waals surface area (Å²) in [5, 5.41) is 8.77. The van der Waals surface area contributed by atoms with Gasteiger partial charge in [-0.2, -0.15) is 0 Å². The summed E-state index contributed by atoms with van der Waals surface area (Å²) in [5.41, 5.74) is -0.0285.